The Balaban J connectivity index is 2.77. The minimum absolute atomic E-state index is 0.0642. The molecule has 1 fully saturated rings. The van der Waals surface area contributed by atoms with E-state index in [1.165, 1.54) is 0 Å². The number of hydrogen-bond acceptors (Lipinski definition) is 7. The van der Waals surface area contributed by atoms with Gasteiger partial charge in [0.05, 0.1) is 13.2 Å². The zero-order chi connectivity index (χ0) is 16.1. The molecule has 0 aromatic rings. The SMILES string of the molecule is CCCC1NS(=O)(=O)N(COP(=O)(OCC)OCC)C1=O. The number of rotatable bonds is 9. The topological polar surface area (TPSA) is 111 Å². The lowest BCUT2D eigenvalue weighted by Crippen LogP contribution is -2.34. The van der Waals surface area contributed by atoms with Crippen molar-refractivity contribution in [2.24, 2.45) is 0 Å². The van der Waals surface area contributed by atoms with Gasteiger partial charge in [-0.15, -0.1) is 0 Å². The fraction of sp³-hybridized carbons (Fsp3) is 0.900. The van der Waals surface area contributed by atoms with E-state index in [1.807, 2.05) is 6.92 Å². The minimum atomic E-state index is -3.98. The van der Waals surface area contributed by atoms with Crippen LogP contribution in [0.25, 0.3) is 0 Å². The lowest BCUT2D eigenvalue weighted by molar-refractivity contribution is -0.128. The molecule has 0 radical (unpaired) electrons. The highest BCUT2D eigenvalue weighted by Crippen LogP contribution is 2.49. The molecule has 0 spiro atoms. The predicted molar refractivity (Wildman–Crippen MR) is 74.4 cm³/mol. The molecule has 1 aliphatic rings. The molecule has 0 aromatic carbocycles. The van der Waals surface area contributed by atoms with Gasteiger partial charge in [0.15, 0.2) is 0 Å². The fourth-order valence-corrected chi connectivity index (χ4v) is 4.19. The Bertz CT molecular complexity index is 500. The van der Waals surface area contributed by atoms with Gasteiger partial charge in [0, 0.05) is 0 Å². The molecule has 1 aliphatic heterocycles. The fourth-order valence-electron chi connectivity index (χ4n) is 1.74. The number of nitrogens with one attached hydrogen (secondary N) is 1. The smallest absolute Gasteiger partial charge is 0.287 e. The van der Waals surface area contributed by atoms with Crippen molar-refractivity contribution in [3.8, 4) is 0 Å². The van der Waals surface area contributed by atoms with Crippen molar-refractivity contribution in [1.29, 1.82) is 0 Å². The number of phosphoric acid groups is 1. The summed E-state index contributed by atoms with van der Waals surface area (Å²) in [6.45, 7) is 4.42. The third kappa shape index (κ3) is 4.73. The molecule has 1 atom stereocenters. The Kier molecular flexibility index (Phi) is 6.76. The lowest BCUT2D eigenvalue weighted by atomic mass is 10.2. The van der Waals surface area contributed by atoms with Crippen molar-refractivity contribution >= 4 is 23.9 Å². The van der Waals surface area contributed by atoms with E-state index < -0.39 is 36.7 Å². The molecule has 1 saturated heterocycles. The van der Waals surface area contributed by atoms with Crippen molar-refractivity contribution < 1.29 is 31.3 Å². The summed E-state index contributed by atoms with van der Waals surface area (Å²) in [5, 5.41) is 0. The monoisotopic (exact) mass is 344 g/mol. The second-order valence-corrected chi connectivity index (χ2v) is 7.49. The van der Waals surface area contributed by atoms with Crippen LogP contribution >= 0.6 is 7.82 Å². The van der Waals surface area contributed by atoms with Crippen LogP contribution in [-0.2, 0) is 33.1 Å². The standard InChI is InChI=1S/C10H21N2O7PS/c1-4-7-9-10(13)12(21(15,16)11-9)8-19-20(14,17-5-2)18-6-3/h9,11H,4-8H2,1-3H3. The van der Waals surface area contributed by atoms with Crippen molar-refractivity contribution in [2.45, 2.75) is 39.7 Å². The second-order valence-electron chi connectivity index (χ2n) is 4.19. The van der Waals surface area contributed by atoms with E-state index >= 15 is 0 Å². The maximum Gasteiger partial charge on any atom is 0.476 e. The summed E-state index contributed by atoms with van der Waals surface area (Å²) < 4.78 is 53.1. The molecule has 21 heavy (non-hydrogen) atoms. The quantitative estimate of drug-likeness (QED) is 0.621. The number of carbonyl (C=O) groups excluding carboxylic acids is 1. The van der Waals surface area contributed by atoms with Crippen LogP contribution in [0.1, 0.15) is 33.6 Å². The summed E-state index contributed by atoms with van der Waals surface area (Å²) in [5.74, 6) is -0.642. The zero-order valence-corrected chi connectivity index (χ0v) is 14.0. The molecule has 1 N–H and O–H groups in total. The number of amides is 1. The summed E-state index contributed by atoms with van der Waals surface area (Å²) in [6, 6.07) is -0.817. The summed E-state index contributed by atoms with van der Waals surface area (Å²) in [7, 11) is -7.86. The molecule has 9 nitrogen and oxygen atoms in total. The Morgan fingerprint density at radius 2 is 1.76 bits per heavy atom. The van der Waals surface area contributed by atoms with Gasteiger partial charge in [-0.3, -0.25) is 18.4 Å². The van der Waals surface area contributed by atoms with E-state index in [4.69, 9.17) is 13.6 Å². The Hall–Kier alpha value is -0.510. The van der Waals surface area contributed by atoms with Crippen LogP contribution < -0.4 is 4.72 Å². The maximum absolute atomic E-state index is 12.1. The molecule has 1 rings (SSSR count). The highest BCUT2D eigenvalue weighted by atomic mass is 32.2. The molecular weight excluding hydrogens is 323 g/mol. The molecule has 11 heteroatoms. The van der Waals surface area contributed by atoms with Gasteiger partial charge >= 0.3 is 18.0 Å². The molecule has 0 bridgehead atoms. The molecule has 0 aromatic heterocycles. The van der Waals surface area contributed by atoms with Crippen LogP contribution in [0, 0.1) is 0 Å². The van der Waals surface area contributed by atoms with Crippen LogP contribution in [-0.4, -0.2) is 44.6 Å². The summed E-state index contributed by atoms with van der Waals surface area (Å²) in [4.78, 5) is 12.0. The van der Waals surface area contributed by atoms with Crippen LogP contribution in [0.4, 0.5) is 0 Å². The van der Waals surface area contributed by atoms with Crippen LogP contribution in [0.5, 0.6) is 0 Å². The van der Waals surface area contributed by atoms with E-state index in [-0.39, 0.29) is 13.2 Å². The summed E-state index contributed by atoms with van der Waals surface area (Å²) in [5.41, 5.74) is 0. The first-order valence-corrected chi connectivity index (χ1v) is 9.57. The number of phosphoric ester groups is 1. The average molecular weight is 344 g/mol. The van der Waals surface area contributed by atoms with Crippen molar-refractivity contribution in [2.75, 3.05) is 19.9 Å². The van der Waals surface area contributed by atoms with E-state index in [0.29, 0.717) is 17.1 Å². The first-order valence-electron chi connectivity index (χ1n) is 6.67. The minimum Gasteiger partial charge on any atom is -0.287 e. The zero-order valence-electron chi connectivity index (χ0n) is 12.3. The number of carbonyl (C=O) groups is 1. The van der Waals surface area contributed by atoms with Crippen molar-refractivity contribution in [1.82, 2.24) is 9.03 Å². The van der Waals surface area contributed by atoms with Crippen molar-refractivity contribution in [3.05, 3.63) is 0 Å². The van der Waals surface area contributed by atoms with Gasteiger partial charge in [-0.25, -0.2) is 4.57 Å². The molecular formula is C10H21N2O7PS. The first kappa shape index (κ1) is 18.5. The largest absolute Gasteiger partial charge is 0.476 e. The molecule has 1 unspecified atom stereocenters. The Labute approximate surface area is 124 Å². The second kappa shape index (κ2) is 7.66. The highest BCUT2D eigenvalue weighted by Gasteiger charge is 2.43. The van der Waals surface area contributed by atoms with Gasteiger partial charge in [-0.2, -0.15) is 17.4 Å². The van der Waals surface area contributed by atoms with Gasteiger partial charge in [0.1, 0.15) is 12.8 Å². The molecule has 124 valence electrons. The van der Waals surface area contributed by atoms with Crippen molar-refractivity contribution in [3.63, 3.8) is 0 Å². The van der Waals surface area contributed by atoms with E-state index in [2.05, 4.69) is 4.72 Å². The summed E-state index contributed by atoms with van der Waals surface area (Å²) >= 11 is 0. The van der Waals surface area contributed by atoms with E-state index in [0.717, 1.165) is 0 Å². The normalized spacial score (nSPS) is 22.0. The van der Waals surface area contributed by atoms with Gasteiger partial charge in [0.2, 0.25) is 0 Å². The first-order chi connectivity index (χ1) is 9.79. The predicted octanol–water partition coefficient (Wildman–Crippen LogP) is 0.987. The Morgan fingerprint density at radius 3 is 2.24 bits per heavy atom. The molecule has 0 aliphatic carbocycles. The highest BCUT2D eigenvalue weighted by molar-refractivity contribution is 7.88. The molecule has 0 saturated carbocycles. The molecule has 1 amide bonds. The van der Waals surface area contributed by atoms with Gasteiger partial charge in [0.25, 0.3) is 5.91 Å². The third-order valence-electron chi connectivity index (χ3n) is 2.61. The van der Waals surface area contributed by atoms with Crippen LogP contribution in [0.2, 0.25) is 0 Å². The van der Waals surface area contributed by atoms with Gasteiger partial charge in [-0.1, -0.05) is 13.3 Å². The maximum atomic E-state index is 12.1. The van der Waals surface area contributed by atoms with Crippen LogP contribution in [0.3, 0.4) is 0 Å². The third-order valence-corrected chi connectivity index (χ3v) is 5.64. The van der Waals surface area contributed by atoms with E-state index in [1.54, 1.807) is 13.8 Å². The van der Waals surface area contributed by atoms with Gasteiger partial charge in [-0.05, 0) is 20.3 Å². The lowest BCUT2D eigenvalue weighted by Gasteiger charge is -2.19. The Morgan fingerprint density at radius 1 is 1.19 bits per heavy atom. The molecule has 1 heterocycles. The van der Waals surface area contributed by atoms with Gasteiger partial charge < -0.3 is 0 Å². The average Bonchev–Trinajstić information content (AvgIpc) is 2.58. The summed E-state index contributed by atoms with van der Waals surface area (Å²) in [6.07, 6.45) is 1.02. The number of hydrogen-bond donors (Lipinski definition) is 1. The van der Waals surface area contributed by atoms with E-state index in [9.17, 15) is 17.8 Å². The number of nitrogens with zero attached hydrogens (tertiary/aromatic N) is 1. The van der Waals surface area contributed by atoms with Crippen LogP contribution in [0.15, 0.2) is 0 Å².